The van der Waals surface area contributed by atoms with Crippen molar-refractivity contribution in [2.75, 3.05) is 32.7 Å². The molecule has 1 heterocycles. The molecule has 0 aliphatic carbocycles. The van der Waals surface area contributed by atoms with Crippen LogP contribution in [0, 0.1) is 5.82 Å². The van der Waals surface area contributed by atoms with Crippen LogP contribution in [0.1, 0.15) is 0 Å². The fourth-order valence-electron chi connectivity index (χ4n) is 2.14. The Kier molecular flexibility index (Phi) is 4.69. The van der Waals surface area contributed by atoms with Crippen molar-refractivity contribution in [2.24, 2.45) is 5.73 Å². The molecular formula is C12H16FN3O2S2. The van der Waals surface area contributed by atoms with Gasteiger partial charge in [0.25, 0.3) is 0 Å². The van der Waals surface area contributed by atoms with E-state index in [1.165, 1.54) is 22.5 Å². The number of hydrogen-bond acceptors (Lipinski definition) is 4. The Labute approximate surface area is 123 Å². The van der Waals surface area contributed by atoms with E-state index in [2.05, 4.69) is 0 Å². The molecule has 0 bridgehead atoms. The van der Waals surface area contributed by atoms with Crippen molar-refractivity contribution >= 4 is 27.2 Å². The second kappa shape index (κ2) is 6.13. The van der Waals surface area contributed by atoms with Gasteiger partial charge in [-0.25, -0.2) is 12.8 Å². The summed E-state index contributed by atoms with van der Waals surface area (Å²) in [5.74, 6) is -0.724. The molecule has 0 atom stereocenters. The Morgan fingerprint density at radius 3 is 2.40 bits per heavy atom. The van der Waals surface area contributed by atoms with E-state index in [-0.39, 0.29) is 4.90 Å². The van der Waals surface area contributed by atoms with Gasteiger partial charge in [-0.05, 0) is 12.1 Å². The SMILES string of the molecule is NC(=S)CN1CCN(S(=O)(=O)c2ccccc2F)CC1. The van der Waals surface area contributed by atoms with Crippen LogP contribution < -0.4 is 5.73 Å². The number of nitrogens with two attached hydrogens (primary N) is 1. The molecule has 1 fully saturated rings. The van der Waals surface area contributed by atoms with E-state index in [9.17, 15) is 12.8 Å². The maximum atomic E-state index is 13.6. The summed E-state index contributed by atoms with van der Waals surface area (Å²) in [6.45, 7) is 2.15. The molecule has 2 N–H and O–H groups in total. The summed E-state index contributed by atoms with van der Waals surface area (Å²) in [5.41, 5.74) is 5.46. The van der Waals surface area contributed by atoms with Crippen LogP contribution in [-0.2, 0) is 10.0 Å². The molecule has 1 aromatic carbocycles. The lowest BCUT2D eigenvalue weighted by atomic mass is 10.3. The fraction of sp³-hybridized carbons (Fsp3) is 0.417. The van der Waals surface area contributed by atoms with Gasteiger partial charge < -0.3 is 5.73 Å². The van der Waals surface area contributed by atoms with Gasteiger partial charge in [0.2, 0.25) is 10.0 Å². The van der Waals surface area contributed by atoms with Crippen molar-refractivity contribution in [1.82, 2.24) is 9.21 Å². The Hall–Kier alpha value is -1.09. The summed E-state index contributed by atoms with van der Waals surface area (Å²) in [7, 11) is -3.78. The zero-order valence-corrected chi connectivity index (χ0v) is 12.5. The molecule has 2 rings (SSSR count). The second-order valence-electron chi connectivity index (χ2n) is 4.58. The van der Waals surface area contributed by atoms with Crippen molar-refractivity contribution < 1.29 is 12.8 Å². The first-order valence-corrected chi connectivity index (χ1v) is 8.01. The molecule has 1 aliphatic rings. The number of benzene rings is 1. The highest BCUT2D eigenvalue weighted by Gasteiger charge is 2.30. The average Bonchev–Trinajstić information content (AvgIpc) is 2.39. The van der Waals surface area contributed by atoms with Crippen LogP contribution in [0.15, 0.2) is 29.2 Å². The largest absolute Gasteiger partial charge is 0.392 e. The normalized spacial score (nSPS) is 18.1. The molecule has 20 heavy (non-hydrogen) atoms. The summed E-state index contributed by atoms with van der Waals surface area (Å²) < 4.78 is 39.6. The molecule has 0 unspecified atom stereocenters. The van der Waals surface area contributed by atoms with Crippen LogP contribution in [0.5, 0.6) is 0 Å². The minimum absolute atomic E-state index is 0.275. The number of sulfonamides is 1. The topological polar surface area (TPSA) is 66.6 Å². The molecule has 1 aromatic rings. The Bertz CT molecular complexity index is 598. The number of halogens is 1. The third-order valence-corrected chi connectivity index (χ3v) is 5.23. The summed E-state index contributed by atoms with van der Waals surface area (Å²) in [4.78, 5) is 2.09. The van der Waals surface area contributed by atoms with E-state index in [1.54, 1.807) is 0 Å². The standard InChI is InChI=1S/C12H16FN3O2S2/c13-10-3-1-2-4-11(10)20(17,18)16-7-5-15(6-8-16)9-12(14)19/h1-4H,5-9H2,(H2,14,19). The first-order valence-electron chi connectivity index (χ1n) is 6.16. The predicted molar refractivity (Wildman–Crippen MR) is 78.4 cm³/mol. The van der Waals surface area contributed by atoms with E-state index < -0.39 is 15.8 Å². The lowest BCUT2D eigenvalue weighted by Crippen LogP contribution is -2.50. The zero-order chi connectivity index (χ0) is 14.8. The Balaban J connectivity index is 2.10. The van der Waals surface area contributed by atoms with E-state index in [4.69, 9.17) is 18.0 Å². The highest BCUT2D eigenvalue weighted by Crippen LogP contribution is 2.20. The van der Waals surface area contributed by atoms with Gasteiger partial charge in [-0.1, -0.05) is 24.4 Å². The molecule has 5 nitrogen and oxygen atoms in total. The predicted octanol–water partition coefficient (Wildman–Crippen LogP) is 0.418. The quantitative estimate of drug-likeness (QED) is 0.815. The molecule has 0 saturated carbocycles. The Morgan fingerprint density at radius 2 is 1.85 bits per heavy atom. The van der Waals surface area contributed by atoms with Crippen molar-refractivity contribution in [2.45, 2.75) is 4.90 Å². The van der Waals surface area contributed by atoms with Crippen molar-refractivity contribution in [3.63, 3.8) is 0 Å². The molecule has 0 radical (unpaired) electrons. The van der Waals surface area contributed by atoms with Gasteiger partial charge in [0.05, 0.1) is 4.99 Å². The number of rotatable bonds is 4. The molecular weight excluding hydrogens is 301 g/mol. The van der Waals surface area contributed by atoms with E-state index >= 15 is 0 Å². The van der Waals surface area contributed by atoms with Crippen LogP contribution in [-0.4, -0.2) is 55.3 Å². The Morgan fingerprint density at radius 1 is 1.25 bits per heavy atom. The zero-order valence-electron chi connectivity index (χ0n) is 10.8. The number of nitrogens with zero attached hydrogens (tertiary/aromatic N) is 2. The van der Waals surface area contributed by atoms with Crippen LogP contribution in [0.2, 0.25) is 0 Å². The van der Waals surface area contributed by atoms with Crippen molar-refractivity contribution in [1.29, 1.82) is 0 Å². The maximum absolute atomic E-state index is 13.6. The second-order valence-corrected chi connectivity index (χ2v) is 7.01. The van der Waals surface area contributed by atoms with E-state index in [0.29, 0.717) is 37.7 Å². The summed E-state index contributed by atoms with van der Waals surface area (Å²) in [6.07, 6.45) is 0. The monoisotopic (exact) mass is 317 g/mol. The molecule has 1 aliphatic heterocycles. The van der Waals surface area contributed by atoms with Gasteiger partial charge in [-0.3, -0.25) is 4.90 Å². The molecule has 8 heteroatoms. The fourth-order valence-corrected chi connectivity index (χ4v) is 3.81. The summed E-state index contributed by atoms with van der Waals surface area (Å²) >= 11 is 4.83. The van der Waals surface area contributed by atoms with Gasteiger partial charge in [0.1, 0.15) is 10.7 Å². The minimum atomic E-state index is -3.78. The van der Waals surface area contributed by atoms with Gasteiger partial charge >= 0.3 is 0 Å². The van der Waals surface area contributed by atoms with Crippen LogP contribution >= 0.6 is 12.2 Å². The summed E-state index contributed by atoms with van der Waals surface area (Å²) in [6, 6.07) is 5.41. The van der Waals surface area contributed by atoms with Gasteiger partial charge in [-0.15, -0.1) is 0 Å². The lowest BCUT2D eigenvalue weighted by Gasteiger charge is -2.33. The van der Waals surface area contributed by atoms with Crippen LogP contribution in [0.3, 0.4) is 0 Å². The maximum Gasteiger partial charge on any atom is 0.246 e. The average molecular weight is 317 g/mol. The van der Waals surface area contributed by atoms with E-state index in [0.717, 1.165) is 6.07 Å². The molecule has 110 valence electrons. The smallest absolute Gasteiger partial charge is 0.246 e. The molecule has 0 amide bonds. The van der Waals surface area contributed by atoms with Crippen LogP contribution in [0.25, 0.3) is 0 Å². The highest BCUT2D eigenvalue weighted by molar-refractivity contribution is 7.89. The number of thiocarbonyl (C=S) groups is 1. The van der Waals surface area contributed by atoms with Gasteiger partial charge in [0.15, 0.2) is 0 Å². The number of piperazine rings is 1. The highest BCUT2D eigenvalue weighted by atomic mass is 32.2. The van der Waals surface area contributed by atoms with Crippen molar-refractivity contribution in [3.05, 3.63) is 30.1 Å². The van der Waals surface area contributed by atoms with Gasteiger partial charge in [0, 0.05) is 32.7 Å². The van der Waals surface area contributed by atoms with Crippen molar-refractivity contribution in [3.8, 4) is 0 Å². The third-order valence-electron chi connectivity index (χ3n) is 3.17. The molecule has 0 spiro atoms. The van der Waals surface area contributed by atoms with Gasteiger partial charge in [-0.2, -0.15) is 4.31 Å². The van der Waals surface area contributed by atoms with E-state index in [1.807, 2.05) is 4.90 Å². The first kappa shape index (κ1) is 15.3. The molecule has 1 saturated heterocycles. The molecule has 0 aromatic heterocycles. The summed E-state index contributed by atoms with van der Waals surface area (Å²) in [5, 5.41) is 0. The first-order chi connectivity index (χ1) is 9.41. The third kappa shape index (κ3) is 3.32. The van der Waals surface area contributed by atoms with Crippen LogP contribution in [0.4, 0.5) is 4.39 Å². The minimum Gasteiger partial charge on any atom is -0.392 e. The number of hydrogen-bond donors (Lipinski definition) is 1. The lowest BCUT2D eigenvalue weighted by molar-refractivity contribution is 0.209.